The lowest BCUT2D eigenvalue weighted by Gasteiger charge is -2.21. The van der Waals surface area contributed by atoms with Crippen molar-refractivity contribution in [2.45, 2.75) is 32.1 Å². The fraction of sp³-hybridized carbons (Fsp3) is 0.500. The molecule has 0 spiro atoms. The second kappa shape index (κ2) is 7.51. The van der Waals surface area contributed by atoms with Gasteiger partial charge in [-0.15, -0.1) is 0 Å². The van der Waals surface area contributed by atoms with Crippen LogP contribution in [0.25, 0.3) is 0 Å². The first-order valence-electron chi connectivity index (χ1n) is 6.74. The van der Waals surface area contributed by atoms with Gasteiger partial charge >= 0.3 is 5.97 Å². The highest BCUT2D eigenvalue weighted by atomic mass is 32.2. The number of hydrogen-bond acceptors (Lipinski definition) is 4. The van der Waals surface area contributed by atoms with Crippen LogP contribution in [0.5, 0.6) is 0 Å². The van der Waals surface area contributed by atoms with Gasteiger partial charge in [0.15, 0.2) is 0 Å². The molecular formula is C14H20FNO4S. The van der Waals surface area contributed by atoms with Crippen LogP contribution in [0.1, 0.15) is 25.8 Å². The van der Waals surface area contributed by atoms with E-state index in [1.54, 1.807) is 20.8 Å². The van der Waals surface area contributed by atoms with E-state index < -0.39 is 21.8 Å². The predicted octanol–water partition coefficient (Wildman–Crippen LogP) is 2.10. The molecule has 0 N–H and O–H groups in total. The highest BCUT2D eigenvalue weighted by molar-refractivity contribution is 7.89. The van der Waals surface area contributed by atoms with E-state index >= 15 is 0 Å². The van der Waals surface area contributed by atoms with E-state index in [0.29, 0.717) is 12.0 Å². The fourth-order valence-electron chi connectivity index (χ4n) is 1.88. The minimum Gasteiger partial charge on any atom is -0.465 e. The first-order chi connectivity index (χ1) is 9.82. The molecule has 1 aromatic carbocycles. The highest BCUT2D eigenvalue weighted by Crippen LogP contribution is 2.21. The molecule has 0 saturated carbocycles. The number of hydrogen-bond donors (Lipinski definition) is 0. The summed E-state index contributed by atoms with van der Waals surface area (Å²) >= 11 is 0. The molecule has 0 heterocycles. The molecule has 0 saturated heterocycles. The molecule has 0 aliphatic carbocycles. The Bertz CT molecular complexity index is 601. The van der Waals surface area contributed by atoms with Crippen LogP contribution in [0.15, 0.2) is 23.1 Å². The van der Waals surface area contributed by atoms with Crippen molar-refractivity contribution in [3.8, 4) is 0 Å². The van der Waals surface area contributed by atoms with Crippen LogP contribution in [0.3, 0.4) is 0 Å². The van der Waals surface area contributed by atoms with E-state index in [1.807, 2.05) is 0 Å². The summed E-state index contributed by atoms with van der Waals surface area (Å²) < 4.78 is 44.3. The number of ether oxygens (including phenoxy) is 1. The Morgan fingerprint density at radius 1 is 1.33 bits per heavy atom. The molecule has 0 radical (unpaired) electrons. The topological polar surface area (TPSA) is 63.7 Å². The lowest BCUT2D eigenvalue weighted by molar-refractivity contribution is -0.143. The largest absolute Gasteiger partial charge is 0.465 e. The molecule has 7 heteroatoms. The zero-order valence-electron chi connectivity index (χ0n) is 12.4. The number of benzene rings is 1. The van der Waals surface area contributed by atoms with Gasteiger partial charge in [-0.1, -0.05) is 13.0 Å². The molecule has 0 aromatic heterocycles. The normalized spacial score (nSPS) is 11.7. The molecule has 0 fully saturated rings. The molecular weight excluding hydrogens is 297 g/mol. The number of carbonyl (C=O) groups is 1. The Kier molecular flexibility index (Phi) is 6.29. The second-order valence-electron chi connectivity index (χ2n) is 4.55. The van der Waals surface area contributed by atoms with Gasteiger partial charge in [0, 0.05) is 6.54 Å². The SMILES string of the molecule is CCCN(CC(=O)OCC)S(=O)(=O)c1cc(F)ccc1C. The maximum Gasteiger partial charge on any atom is 0.321 e. The summed E-state index contributed by atoms with van der Waals surface area (Å²) in [6.07, 6.45) is 0.535. The minimum absolute atomic E-state index is 0.125. The first kappa shape index (κ1) is 17.6. The number of nitrogens with zero attached hydrogens (tertiary/aromatic N) is 1. The van der Waals surface area contributed by atoms with Gasteiger partial charge in [0.1, 0.15) is 12.4 Å². The smallest absolute Gasteiger partial charge is 0.321 e. The monoisotopic (exact) mass is 317 g/mol. The van der Waals surface area contributed by atoms with Crippen molar-refractivity contribution in [3.05, 3.63) is 29.6 Å². The zero-order valence-corrected chi connectivity index (χ0v) is 13.2. The van der Waals surface area contributed by atoms with E-state index in [4.69, 9.17) is 4.74 Å². The van der Waals surface area contributed by atoms with E-state index in [2.05, 4.69) is 0 Å². The molecule has 21 heavy (non-hydrogen) atoms. The minimum atomic E-state index is -3.94. The Hall–Kier alpha value is -1.47. The average molecular weight is 317 g/mol. The number of sulfonamides is 1. The highest BCUT2D eigenvalue weighted by Gasteiger charge is 2.28. The summed E-state index contributed by atoms with van der Waals surface area (Å²) in [5, 5.41) is 0. The molecule has 118 valence electrons. The van der Waals surface area contributed by atoms with Crippen molar-refractivity contribution in [2.75, 3.05) is 19.7 Å². The van der Waals surface area contributed by atoms with Crippen molar-refractivity contribution < 1.29 is 22.3 Å². The van der Waals surface area contributed by atoms with Crippen LogP contribution in [-0.2, 0) is 19.6 Å². The third-order valence-corrected chi connectivity index (χ3v) is 4.84. The van der Waals surface area contributed by atoms with Gasteiger partial charge in [-0.05, 0) is 38.0 Å². The van der Waals surface area contributed by atoms with E-state index in [-0.39, 0.29) is 24.6 Å². The average Bonchev–Trinajstić information content (AvgIpc) is 2.41. The van der Waals surface area contributed by atoms with Crippen molar-refractivity contribution in [1.82, 2.24) is 4.31 Å². The molecule has 0 aliphatic heterocycles. The van der Waals surface area contributed by atoms with Crippen molar-refractivity contribution in [1.29, 1.82) is 0 Å². The zero-order chi connectivity index (χ0) is 16.0. The summed E-state index contributed by atoms with van der Waals surface area (Å²) in [6, 6.07) is 3.57. The van der Waals surface area contributed by atoms with Gasteiger partial charge in [-0.2, -0.15) is 4.31 Å². The molecule has 0 aliphatic rings. The standard InChI is InChI=1S/C14H20FNO4S/c1-4-8-16(10-14(17)20-5-2)21(18,19)13-9-12(15)7-6-11(13)3/h6-7,9H,4-5,8,10H2,1-3H3. The molecule has 0 unspecified atom stereocenters. The van der Waals surface area contributed by atoms with Gasteiger partial charge < -0.3 is 4.74 Å². The second-order valence-corrected chi connectivity index (χ2v) is 6.46. The third kappa shape index (κ3) is 4.50. The molecule has 0 amide bonds. The van der Waals surface area contributed by atoms with Crippen LogP contribution in [0, 0.1) is 12.7 Å². The predicted molar refractivity (Wildman–Crippen MR) is 76.8 cm³/mol. The number of halogens is 1. The van der Waals surface area contributed by atoms with Gasteiger partial charge in [-0.3, -0.25) is 4.79 Å². The van der Waals surface area contributed by atoms with Crippen molar-refractivity contribution >= 4 is 16.0 Å². The maximum atomic E-state index is 13.3. The molecule has 5 nitrogen and oxygen atoms in total. The first-order valence-corrected chi connectivity index (χ1v) is 8.18. The Labute approximate surface area is 124 Å². The third-order valence-electron chi connectivity index (χ3n) is 2.85. The summed E-state index contributed by atoms with van der Waals surface area (Å²) in [6.45, 7) is 5.00. The molecule has 1 rings (SSSR count). The summed E-state index contributed by atoms with van der Waals surface area (Å²) in [4.78, 5) is 11.4. The summed E-state index contributed by atoms with van der Waals surface area (Å²) in [5.74, 6) is -1.25. The number of esters is 1. The van der Waals surface area contributed by atoms with Crippen LogP contribution in [-0.4, -0.2) is 38.4 Å². The van der Waals surface area contributed by atoms with Gasteiger partial charge in [0.05, 0.1) is 11.5 Å². The maximum absolute atomic E-state index is 13.3. The quantitative estimate of drug-likeness (QED) is 0.723. The van der Waals surface area contributed by atoms with E-state index in [9.17, 15) is 17.6 Å². The fourth-order valence-corrected chi connectivity index (χ4v) is 3.59. The Morgan fingerprint density at radius 2 is 2.00 bits per heavy atom. The van der Waals surface area contributed by atoms with E-state index in [0.717, 1.165) is 10.4 Å². The molecule has 0 bridgehead atoms. The van der Waals surface area contributed by atoms with Crippen LogP contribution in [0.2, 0.25) is 0 Å². The van der Waals surface area contributed by atoms with Crippen molar-refractivity contribution in [2.24, 2.45) is 0 Å². The van der Waals surface area contributed by atoms with E-state index in [1.165, 1.54) is 12.1 Å². The van der Waals surface area contributed by atoms with Gasteiger partial charge in [-0.25, -0.2) is 12.8 Å². The lowest BCUT2D eigenvalue weighted by Crippen LogP contribution is -2.37. The lowest BCUT2D eigenvalue weighted by atomic mass is 10.2. The summed E-state index contributed by atoms with van der Waals surface area (Å²) in [5.41, 5.74) is 0.432. The van der Waals surface area contributed by atoms with Crippen LogP contribution < -0.4 is 0 Å². The Morgan fingerprint density at radius 3 is 2.57 bits per heavy atom. The Balaban J connectivity index is 3.15. The molecule has 1 aromatic rings. The number of rotatable bonds is 7. The van der Waals surface area contributed by atoms with Crippen molar-refractivity contribution in [3.63, 3.8) is 0 Å². The number of aryl methyl sites for hydroxylation is 1. The van der Waals surface area contributed by atoms with Crippen LogP contribution in [0.4, 0.5) is 4.39 Å². The molecule has 0 atom stereocenters. The van der Waals surface area contributed by atoms with Gasteiger partial charge in [0.25, 0.3) is 0 Å². The van der Waals surface area contributed by atoms with Crippen LogP contribution >= 0.6 is 0 Å². The van der Waals surface area contributed by atoms with Gasteiger partial charge in [0.2, 0.25) is 10.0 Å². The summed E-state index contributed by atoms with van der Waals surface area (Å²) in [7, 11) is -3.94. The number of carbonyl (C=O) groups excluding carboxylic acids is 1.